The van der Waals surface area contributed by atoms with E-state index in [0.29, 0.717) is 64.1 Å². The Morgan fingerprint density at radius 1 is 0.943 bits per heavy atom. The predicted molar refractivity (Wildman–Crippen MR) is 137 cm³/mol. The third kappa shape index (κ3) is 16.7. The molecule has 1 unspecified atom stereocenters. The molecule has 10 nitrogen and oxygen atoms in total. The standard InChI is InChI=1S/C21H37NO9PS2.Tl/c1-21(2,33)31-32(34,29-17-16-27-15-13-23)28-14-9-7-5-3-4-6-8-10-20(26)30-22-18(24)11-12-19(22)25;/h33H,3-17H2,1-2H3;/q-1;+1. The topological polar surface area (TPSA) is 110 Å². The van der Waals surface area contributed by atoms with E-state index in [1.54, 1.807) is 13.8 Å². The summed E-state index contributed by atoms with van der Waals surface area (Å²) >= 11 is 10.4. The molecule has 14 heteroatoms. The maximum atomic E-state index is 11.8. The quantitative estimate of drug-likeness (QED) is 0.0466. The third-order valence-electron chi connectivity index (χ3n) is 4.63. The Hall–Kier alpha value is 0.332. The number of amides is 2. The number of carbonyl (C=O) groups excluding carboxylic acids is 3. The van der Waals surface area contributed by atoms with Crippen molar-refractivity contribution in [1.29, 1.82) is 0 Å². The van der Waals surface area contributed by atoms with E-state index < -0.39 is 29.4 Å². The fourth-order valence-corrected chi connectivity index (χ4v) is 6.26. The van der Waals surface area contributed by atoms with Crippen molar-refractivity contribution < 1.29 is 40.2 Å². The number of rotatable bonds is 21. The third-order valence-corrected chi connectivity index (χ3v) is 8.32. The van der Waals surface area contributed by atoms with Crippen LogP contribution >= 0.6 is 19.3 Å². The van der Waals surface area contributed by atoms with Gasteiger partial charge >= 0.3 is 149 Å². The Morgan fingerprint density at radius 3 is 2.09 bits per heavy atom. The van der Waals surface area contributed by atoms with Crippen molar-refractivity contribution in [1.82, 2.24) is 5.06 Å². The van der Waals surface area contributed by atoms with Gasteiger partial charge in [-0.1, -0.05) is 25.7 Å². The molecule has 1 fully saturated rings. The van der Waals surface area contributed by atoms with Gasteiger partial charge < -0.3 is 4.84 Å². The SMILES string of the molecule is CC(C)(S)OP(=S)(OCCCCCCCCCC(=O)ON1C(=O)CCC1=O)OCCOCC[O][Tl]. The zero-order valence-corrected chi connectivity index (χ0v) is 27.7. The molecule has 0 radical (unpaired) electrons. The summed E-state index contributed by atoms with van der Waals surface area (Å²) in [5.74, 6) is -1.45. The van der Waals surface area contributed by atoms with E-state index in [0.717, 1.165) is 38.5 Å². The van der Waals surface area contributed by atoms with E-state index in [4.69, 9.17) is 37.6 Å². The summed E-state index contributed by atoms with van der Waals surface area (Å²) in [4.78, 5) is 38.7. The van der Waals surface area contributed by atoms with Crippen LogP contribution in [0.25, 0.3) is 0 Å². The van der Waals surface area contributed by atoms with Crippen LogP contribution in [0, 0.1) is 0 Å². The number of unbranched alkanes of at least 4 members (excludes halogenated alkanes) is 6. The molecule has 1 aliphatic heterocycles. The molecule has 35 heavy (non-hydrogen) atoms. The number of carbonyl (C=O) groups is 3. The van der Waals surface area contributed by atoms with E-state index in [1.807, 2.05) is 0 Å². The van der Waals surface area contributed by atoms with Crippen LogP contribution in [0.3, 0.4) is 0 Å². The summed E-state index contributed by atoms with van der Waals surface area (Å²) in [5, 5.41) is 0.593. The van der Waals surface area contributed by atoms with E-state index in [9.17, 15) is 14.4 Å². The minimum atomic E-state index is -2.93. The van der Waals surface area contributed by atoms with E-state index in [-0.39, 0.29) is 25.9 Å². The van der Waals surface area contributed by atoms with Gasteiger partial charge in [-0.15, -0.1) is 5.06 Å². The zero-order chi connectivity index (χ0) is 26.2. The van der Waals surface area contributed by atoms with Gasteiger partial charge in [-0.3, -0.25) is 9.59 Å². The molecule has 1 heterocycles. The van der Waals surface area contributed by atoms with Gasteiger partial charge in [0, 0.05) is 19.3 Å². The van der Waals surface area contributed by atoms with Gasteiger partial charge in [0.05, 0.1) is 0 Å². The molecule has 0 saturated carbocycles. The van der Waals surface area contributed by atoms with Crippen LogP contribution in [0.5, 0.6) is 0 Å². The molecule has 1 rings (SSSR count). The first-order chi connectivity index (χ1) is 16.6. The fraction of sp³-hybridized carbons (Fsp3) is 0.857. The monoisotopic (exact) mass is 747 g/mol. The molecule has 0 spiro atoms. The van der Waals surface area contributed by atoms with Crippen molar-refractivity contribution in [2.75, 3.05) is 33.0 Å². The number of hydroxylamine groups is 2. The summed E-state index contributed by atoms with van der Waals surface area (Å²) < 4.78 is 27.9. The Balaban J connectivity index is 2.11. The number of hydrogen-bond donors (Lipinski definition) is 1. The number of thiol groups is 1. The van der Waals surface area contributed by atoms with Gasteiger partial charge in [-0.2, -0.15) is 0 Å². The Morgan fingerprint density at radius 2 is 1.49 bits per heavy atom. The molecule has 0 aromatic carbocycles. The molecule has 0 bridgehead atoms. The zero-order valence-electron chi connectivity index (χ0n) is 20.6. The molecule has 0 aromatic heterocycles. The van der Waals surface area contributed by atoms with Gasteiger partial charge in [0.15, 0.2) is 0 Å². The summed E-state index contributed by atoms with van der Waals surface area (Å²) in [5.41, 5.74) is 0. The molecule has 1 aliphatic rings. The van der Waals surface area contributed by atoms with Gasteiger partial charge in [-0.05, 0) is 6.42 Å². The Labute approximate surface area is 235 Å². The van der Waals surface area contributed by atoms with E-state index >= 15 is 0 Å². The second-order valence-corrected chi connectivity index (χ2v) is 13.7. The van der Waals surface area contributed by atoms with Crippen molar-refractivity contribution in [3.8, 4) is 0 Å². The van der Waals surface area contributed by atoms with Gasteiger partial charge in [0.2, 0.25) is 0 Å². The Kier molecular flexibility index (Phi) is 17.7. The summed E-state index contributed by atoms with van der Waals surface area (Å²) in [6.07, 6.45) is 6.79. The van der Waals surface area contributed by atoms with Gasteiger partial charge in [0.1, 0.15) is 0 Å². The van der Waals surface area contributed by atoms with Crippen molar-refractivity contribution in [2.45, 2.75) is 83.0 Å². The van der Waals surface area contributed by atoms with Crippen LogP contribution in [0.2, 0.25) is 0 Å². The van der Waals surface area contributed by atoms with E-state index in [1.165, 1.54) is 0 Å². The summed E-state index contributed by atoms with van der Waals surface area (Å²) in [6, 6.07) is 0. The molecule has 0 aromatic rings. The predicted octanol–water partition coefficient (Wildman–Crippen LogP) is 3.77. The molecular formula is C21H37NO9PS2Tl. The van der Waals surface area contributed by atoms with Gasteiger partial charge in [0.25, 0.3) is 11.8 Å². The molecular weight excluding hydrogens is 710 g/mol. The van der Waals surface area contributed by atoms with Crippen molar-refractivity contribution in [2.24, 2.45) is 0 Å². The maximum absolute atomic E-state index is 11.8. The summed E-state index contributed by atoms with van der Waals surface area (Å²) in [7, 11) is 0. The minimum absolute atomic E-state index is 0.102. The normalized spacial score (nSPS) is 16.0. The van der Waals surface area contributed by atoms with Crippen LogP contribution in [-0.4, -0.2) is 87.0 Å². The average Bonchev–Trinajstić information content (AvgIpc) is 3.08. The average molecular weight is 747 g/mol. The molecule has 2 amide bonds. The van der Waals surface area contributed by atoms with Crippen LogP contribution in [0.4, 0.5) is 0 Å². The molecule has 1 saturated heterocycles. The van der Waals surface area contributed by atoms with E-state index in [2.05, 4.69) is 12.6 Å². The van der Waals surface area contributed by atoms with Crippen LogP contribution < -0.4 is 0 Å². The first kappa shape index (κ1) is 33.4. The van der Waals surface area contributed by atoms with Crippen LogP contribution in [0.1, 0.15) is 78.1 Å². The first-order valence-corrected chi connectivity index (χ1v) is 16.7. The second kappa shape index (κ2) is 18.6. The number of imide groups is 1. The van der Waals surface area contributed by atoms with Crippen molar-refractivity contribution in [3.63, 3.8) is 0 Å². The van der Waals surface area contributed by atoms with Crippen LogP contribution in [0.15, 0.2) is 0 Å². The van der Waals surface area contributed by atoms with Gasteiger partial charge in [-0.25, -0.2) is 4.79 Å². The van der Waals surface area contributed by atoms with Crippen molar-refractivity contribution in [3.05, 3.63) is 0 Å². The van der Waals surface area contributed by atoms with Crippen LogP contribution in [-0.2, 0) is 52.0 Å². The number of nitrogens with zero attached hydrogens (tertiary/aromatic N) is 1. The molecule has 0 aliphatic carbocycles. The molecule has 1 atom stereocenters. The molecule has 200 valence electrons. The Bertz CT molecular complexity index is 693. The van der Waals surface area contributed by atoms with Crippen molar-refractivity contribution >= 4 is 75.2 Å². The number of ether oxygens (including phenoxy) is 1. The molecule has 0 N–H and O–H groups in total. The fourth-order valence-electron chi connectivity index (χ4n) is 3.02. The first-order valence-electron chi connectivity index (χ1n) is 11.8. The summed E-state index contributed by atoms with van der Waals surface area (Å²) in [6.45, 7) is 2.86. The number of hydrogen-bond acceptors (Lipinski definition) is 11. The second-order valence-electron chi connectivity index (χ2n) is 8.40.